The molecule has 0 amide bonds. The first-order chi connectivity index (χ1) is 27.1. The highest BCUT2D eigenvalue weighted by molar-refractivity contribution is 8.03. The van der Waals surface area contributed by atoms with Gasteiger partial charge in [0, 0.05) is 55.4 Å². The zero-order valence-electron chi connectivity index (χ0n) is 31.9. The van der Waals surface area contributed by atoms with E-state index in [-0.39, 0.29) is 23.2 Å². The first kappa shape index (κ1) is 34.1. The van der Waals surface area contributed by atoms with Crippen molar-refractivity contribution >= 4 is 23.5 Å². The van der Waals surface area contributed by atoms with E-state index in [4.69, 9.17) is 0 Å². The molecule has 0 radical (unpaired) electrons. The quantitative estimate of drug-likeness (QED) is 0.306. The second kappa shape index (κ2) is 13.5. The summed E-state index contributed by atoms with van der Waals surface area (Å²) in [6.45, 7) is 5.05. The maximum atomic E-state index is 2.88. The number of allylic oxidation sites excluding steroid dienone is 19. The van der Waals surface area contributed by atoms with Gasteiger partial charge in [-0.2, -0.15) is 0 Å². The largest absolute Gasteiger partial charge is 0.360 e. The lowest BCUT2D eigenvalue weighted by Gasteiger charge is -2.48. The van der Waals surface area contributed by atoms with Gasteiger partial charge in [-0.05, 0) is 94.5 Å². The second-order valence-corrected chi connectivity index (χ2v) is 19.3. The molecular formula is C52H49NS2. The van der Waals surface area contributed by atoms with E-state index in [1.54, 1.807) is 27.2 Å². The van der Waals surface area contributed by atoms with Gasteiger partial charge in [-0.1, -0.05) is 171 Å². The van der Waals surface area contributed by atoms with Crippen LogP contribution < -0.4 is 0 Å². The summed E-state index contributed by atoms with van der Waals surface area (Å²) in [6, 6.07) is 17.3. The molecule has 1 nitrogen and oxygen atoms in total. The van der Waals surface area contributed by atoms with Crippen LogP contribution in [0.1, 0.15) is 80.4 Å². The normalized spacial score (nSPS) is 34.8. The third-order valence-corrected chi connectivity index (χ3v) is 16.6. The Balaban J connectivity index is 1.15. The molecule has 11 rings (SSSR count). The van der Waals surface area contributed by atoms with E-state index < -0.39 is 0 Å². The molecule has 2 aromatic rings. The smallest absolute Gasteiger partial charge is 0.0587 e. The molecule has 3 heteroatoms. The first-order valence-electron chi connectivity index (χ1n) is 20.7. The van der Waals surface area contributed by atoms with Gasteiger partial charge in [0.15, 0.2) is 0 Å². The SMILES string of the molecule is CC1C=CC2=C(C1C1=CC=CC3C1N(C1=CC=CCC1)C1C=CC=CC31C)C(C1C3=C(CCC=C3)Sc3ccccc31)c1c(cccc1C1C=CC=CC1)S2. The summed E-state index contributed by atoms with van der Waals surface area (Å²) in [5.41, 5.74) is 11.0. The Morgan fingerprint density at radius 1 is 0.709 bits per heavy atom. The van der Waals surface area contributed by atoms with Crippen molar-refractivity contribution < 1.29 is 0 Å². The number of fused-ring (bicyclic) bond motifs is 5. The van der Waals surface area contributed by atoms with Gasteiger partial charge < -0.3 is 4.90 Å². The van der Waals surface area contributed by atoms with Gasteiger partial charge in [0.25, 0.3) is 0 Å². The van der Waals surface area contributed by atoms with Gasteiger partial charge in [0.1, 0.15) is 0 Å². The topological polar surface area (TPSA) is 3.24 Å². The molecular weight excluding hydrogens is 703 g/mol. The lowest BCUT2D eigenvalue weighted by molar-refractivity contribution is 0.251. The third-order valence-electron chi connectivity index (χ3n) is 14.1. The molecule has 55 heavy (non-hydrogen) atoms. The fraction of sp³-hybridized carbons (Fsp3) is 0.308. The highest BCUT2D eigenvalue weighted by atomic mass is 32.2. The minimum atomic E-state index is 0.0237. The van der Waals surface area contributed by atoms with Gasteiger partial charge in [0.05, 0.1) is 12.1 Å². The molecule has 9 unspecified atom stereocenters. The molecule has 0 saturated carbocycles. The number of nitrogens with zero attached hydrogens (tertiary/aromatic N) is 1. The van der Waals surface area contributed by atoms with Gasteiger partial charge in [-0.15, -0.1) is 0 Å². The summed E-state index contributed by atoms with van der Waals surface area (Å²) < 4.78 is 0. The number of thioether (sulfide) groups is 2. The summed E-state index contributed by atoms with van der Waals surface area (Å²) in [7, 11) is 0. The van der Waals surface area contributed by atoms with Crippen LogP contribution in [0.4, 0.5) is 0 Å². The highest BCUT2D eigenvalue weighted by Gasteiger charge is 2.58. The van der Waals surface area contributed by atoms with Crippen LogP contribution >= 0.6 is 23.5 Å². The molecule has 274 valence electrons. The molecule has 9 aliphatic rings. The lowest BCUT2D eigenvalue weighted by Crippen LogP contribution is -2.43. The number of hydrogen-bond acceptors (Lipinski definition) is 3. The van der Waals surface area contributed by atoms with Crippen LogP contribution in [-0.4, -0.2) is 17.0 Å². The van der Waals surface area contributed by atoms with Crippen LogP contribution in [0.3, 0.4) is 0 Å². The number of benzene rings is 2. The third kappa shape index (κ3) is 5.29. The van der Waals surface area contributed by atoms with Crippen molar-refractivity contribution in [1.82, 2.24) is 4.90 Å². The first-order valence-corrected chi connectivity index (χ1v) is 22.3. The van der Waals surface area contributed by atoms with E-state index in [2.05, 4.69) is 182 Å². The Morgan fingerprint density at radius 2 is 1.58 bits per heavy atom. The average molecular weight is 752 g/mol. The molecule has 3 heterocycles. The van der Waals surface area contributed by atoms with E-state index in [0.717, 1.165) is 32.1 Å². The summed E-state index contributed by atoms with van der Waals surface area (Å²) in [4.78, 5) is 8.85. The molecule has 1 fully saturated rings. The fourth-order valence-electron chi connectivity index (χ4n) is 11.7. The van der Waals surface area contributed by atoms with Crippen LogP contribution in [-0.2, 0) is 0 Å². The molecule has 0 N–H and O–H groups in total. The minimum Gasteiger partial charge on any atom is -0.360 e. The fourth-order valence-corrected chi connectivity index (χ4v) is 14.2. The number of likely N-dealkylation sites (tertiary alicyclic amines) is 1. The Bertz CT molecular complexity index is 2350. The Morgan fingerprint density at radius 3 is 2.47 bits per heavy atom. The van der Waals surface area contributed by atoms with Crippen LogP contribution in [0.5, 0.6) is 0 Å². The van der Waals surface area contributed by atoms with Crippen molar-refractivity contribution in [2.75, 3.05) is 0 Å². The van der Waals surface area contributed by atoms with Gasteiger partial charge in [0.2, 0.25) is 0 Å². The predicted octanol–water partition coefficient (Wildman–Crippen LogP) is 13.6. The molecule has 2 aromatic carbocycles. The van der Waals surface area contributed by atoms with Crippen LogP contribution in [0, 0.1) is 23.2 Å². The van der Waals surface area contributed by atoms with Crippen molar-refractivity contribution in [3.05, 3.63) is 201 Å². The van der Waals surface area contributed by atoms with Crippen molar-refractivity contribution in [3.8, 4) is 0 Å². The highest BCUT2D eigenvalue weighted by Crippen LogP contribution is 2.65. The van der Waals surface area contributed by atoms with Gasteiger partial charge in [-0.3, -0.25) is 0 Å². The maximum Gasteiger partial charge on any atom is 0.0587 e. The summed E-state index contributed by atoms with van der Waals surface area (Å²) in [5.74, 6) is 1.92. The van der Waals surface area contributed by atoms with Crippen LogP contribution in [0.2, 0.25) is 0 Å². The number of hydrogen-bond donors (Lipinski definition) is 0. The van der Waals surface area contributed by atoms with E-state index in [9.17, 15) is 0 Å². The standard InChI is InChI=1S/C52H49NS2/c1-33-30-31-44-49(46(33)39-24-15-25-40-51(39)53(35-19-7-4-8-20-35)45-29-13-14-32-52(40,45)2)50(48-36(23-16-28-43(48)55-44)34-17-5-3-6-18-34)47-37-21-9-11-26-41(37)54-42-27-12-10-22-38(42)47/h3-7,9-11,13-17,19,21-26,28-34,40,45-47,50-51H,8,12,18,20,27H2,1-2H3. The van der Waals surface area contributed by atoms with E-state index >= 15 is 0 Å². The van der Waals surface area contributed by atoms with E-state index in [1.165, 1.54) is 31.5 Å². The Hall–Kier alpha value is -4.18. The Kier molecular flexibility index (Phi) is 8.36. The lowest BCUT2D eigenvalue weighted by atomic mass is 9.60. The van der Waals surface area contributed by atoms with Crippen molar-refractivity contribution in [1.29, 1.82) is 0 Å². The van der Waals surface area contributed by atoms with E-state index in [0.29, 0.717) is 29.8 Å². The van der Waals surface area contributed by atoms with Crippen molar-refractivity contribution in [2.45, 2.75) is 85.6 Å². The number of rotatable bonds is 4. The van der Waals surface area contributed by atoms with Crippen LogP contribution in [0.25, 0.3) is 0 Å². The zero-order chi connectivity index (χ0) is 36.7. The summed E-state index contributed by atoms with van der Waals surface area (Å²) in [6.07, 6.45) is 49.2. The van der Waals surface area contributed by atoms with Crippen LogP contribution in [0.15, 0.2) is 194 Å². The molecule has 1 saturated heterocycles. The van der Waals surface area contributed by atoms with E-state index in [1.807, 2.05) is 11.8 Å². The minimum absolute atomic E-state index is 0.0237. The molecule has 3 aliphatic heterocycles. The zero-order valence-corrected chi connectivity index (χ0v) is 33.5. The predicted molar refractivity (Wildman–Crippen MR) is 233 cm³/mol. The Labute approximate surface area is 336 Å². The maximum absolute atomic E-state index is 2.88. The summed E-state index contributed by atoms with van der Waals surface area (Å²) >= 11 is 4.09. The molecule has 9 atom stereocenters. The van der Waals surface area contributed by atoms with Crippen molar-refractivity contribution in [2.24, 2.45) is 23.2 Å². The van der Waals surface area contributed by atoms with Crippen molar-refractivity contribution in [3.63, 3.8) is 0 Å². The van der Waals surface area contributed by atoms with Gasteiger partial charge in [-0.25, -0.2) is 0 Å². The summed E-state index contributed by atoms with van der Waals surface area (Å²) in [5, 5.41) is 0. The molecule has 0 aromatic heterocycles. The monoisotopic (exact) mass is 751 g/mol. The molecule has 6 aliphatic carbocycles. The average Bonchev–Trinajstić information content (AvgIpc) is 3.51. The van der Waals surface area contributed by atoms with Gasteiger partial charge >= 0.3 is 0 Å². The second-order valence-electron chi connectivity index (χ2n) is 17.1. The molecule has 0 spiro atoms. The molecule has 0 bridgehead atoms.